The van der Waals surface area contributed by atoms with Gasteiger partial charge in [0, 0.05) is 0 Å². The standard InChI is InChI=1S/C24H23N5O2/c1-2-25-22(19-13-14-20-21(15-19)31-16-30-20)24-26-27-28-29(24)23(17-9-5-3-6-10-17)18-11-7-4-8-12-18/h3-15,22-23,25H,2,16H2,1H3/t22-/m0/s1. The third-order valence-electron chi connectivity index (χ3n) is 5.39. The molecule has 0 spiro atoms. The van der Waals surface area contributed by atoms with Gasteiger partial charge in [0.2, 0.25) is 6.79 Å². The maximum atomic E-state index is 5.59. The fraction of sp³-hybridized carbons (Fsp3) is 0.208. The molecule has 4 aromatic rings. The molecule has 0 saturated heterocycles. The number of hydrogen-bond donors (Lipinski definition) is 1. The van der Waals surface area contributed by atoms with Gasteiger partial charge in [0.15, 0.2) is 17.3 Å². The Morgan fingerprint density at radius 3 is 2.23 bits per heavy atom. The molecule has 156 valence electrons. The van der Waals surface area contributed by atoms with Crippen LogP contribution in [-0.4, -0.2) is 33.5 Å². The van der Waals surface area contributed by atoms with E-state index in [4.69, 9.17) is 9.47 Å². The number of aromatic nitrogens is 4. The van der Waals surface area contributed by atoms with Crippen molar-refractivity contribution in [2.45, 2.75) is 19.0 Å². The molecule has 2 heterocycles. The average Bonchev–Trinajstić information content (AvgIpc) is 3.48. The van der Waals surface area contributed by atoms with E-state index in [2.05, 4.69) is 52.0 Å². The minimum atomic E-state index is -0.204. The molecule has 1 aliphatic heterocycles. The Hall–Kier alpha value is -3.71. The Labute approximate surface area is 180 Å². The molecule has 1 atom stereocenters. The first-order valence-corrected chi connectivity index (χ1v) is 10.4. The highest BCUT2D eigenvalue weighted by atomic mass is 16.7. The maximum Gasteiger partial charge on any atom is 0.231 e. The van der Waals surface area contributed by atoms with Crippen molar-refractivity contribution in [3.05, 3.63) is 101 Å². The van der Waals surface area contributed by atoms with Crippen LogP contribution >= 0.6 is 0 Å². The van der Waals surface area contributed by atoms with Crippen LogP contribution in [0, 0.1) is 0 Å². The number of nitrogens with one attached hydrogen (secondary N) is 1. The SMILES string of the molecule is CCN[C@@H](c1ccc2c(c1)OCO2)c1nnnn1C(c1ccccc1)c1ccccc1. The van der Waals surface area contributed by atoms with Crippen LogP contribution in [0.5, 0.6) is 11.5 Å². The van der Waals surface area contributed by atoms with Crippen molar-refractivity contribution >= 4 is 0 Å². The number of benzene rings is 3. The van der Waals surface area contributed by atoms with E-state index in [0.29, 0.717) is 0 Å². The number of fused-ring (bicyclic) bond motifs is 1. The molecule has 0 unspecified atom stereocenters. The summed E-state index contributed by atoms with van der Waals surface area (Å²) in [6, 6.07) is 26.2. The molecule has 0 fully saturated rings. The number of rotatable bonds is 7. The molecule has 0 radical (unpaired) electrons. The highest BCUT2D eigenvalue weighted by Crippen LogP contribution is 2.36. The second-order valence-corrected chi connectivity index (χ2v) is 7.31. The van der Waals surface area contributed by atoms with Crippen LogP contribution in [0.3, 0.4) is 0 Å². The zero-order valence-electron chi connectivity index (χ0n) is 17.2. The fourth-order valence-electron chi connectivity index (χ4n) is 3.98. The summed E-state index contributed by atoms with van der Waals surface area (Å²) >= 11 is 0. The number of nitrogens with zero attached hydrogens (tertiary/aromatic N) is 4. The van der Waals surface area contributed by atoms with Crippen LogP contribution in [0.4, 0.5) is 0 Å². The third-order valence-corrected chi connectivity index (χ3v) is 5.39. The molecule has 3 aromatic carbocycles. The van der Waals surface area contributed by atoms with Gasteiger partial charge in [-0.15, -0.1) is 5.10 Å². The van der Waals surface area contributed by atoms with Gasteiger partial charge >= 0.3 is 0 Å². The molecule has 1 N–H and O–H groups in total. The van der Waals surface area contributed by atoms with Crippen molar-refractivity contribution in [3.8, 4) is 11.5 Å². The molecular formula is C24H23N5O2. The normalized spacial score (nSPS) is 13.5. The molecule has 7 nitrogen and oxygen atoms in total. The molecular weight excluding hydrogens is 390 g/mol. The van der Waals surface area contributed by atoms with E-state index >= 15 is 0 Å². The van der Waals surface area contributed by atoms with Gasteiger partial charge in [0.25, 0.3) is 0 Å². The molecule has 0 amide bonds. The summed E-state index contributed by atoms with van der Waals surface area (Å²) in [6.45, 7) is 3.07. The van der Waals surface area contributed by atoms with Gasteiger partial charge < -0.3 is 14.8 Å². The summed E-state index contributed by atoms with van der Waals surface area (Å²) in [7, 11) is 0. The Morgan fingerprint density at radius 1 is 0.871 bits per heavy atom. The van der Waals surface area contributed by atoms with Crippen molar-refractivity contribution in [2.24, 2.45) is 0 Å². The van der Waals surface area contributed by atoms with Crippen molar-refractivity contribution in [1.82, 2.24) is 25.5 Å². The van der Waals surface area contributed by atoms with Crippen LogP contribution in [-0.2, 0) is 0 Å². The zero-order chi connectivity index (χ0) is 21.0. The molecule has 1 aromatic heterocycles. The fourth-order valence-corrected chi connectivity index (χ4v) is 3.98. The molecule has 0 aliphatic carbocycles. The molecule has 7 heteroatoms. The number of ether oxygens (including phenoxy) is 2. The molecule has 0 bridgehead atoms. The van der Waals surface area contributed by atoms with E-state index in [1.807, 2.05) is 59.3 Å². The lowest BCUT2D eigenvalue weighted by Crippen LogP contribution is -2.28. The quantitative estimate of drug-likeness (QED) is 0.498. The summed E-state index contributed by atoms with van der Waals surface area (Å²) in [4.78, 5) is 0. The topological polar surface area (TPSA) is 74.1 Å². The number of hydrogen-bond acceptors (Lipinski definition) is 6. The Balaban J connectivity index is 1.62. The average molecular weight is 413 g/mol. The first-order valence-electron chi connectivity index (χ1n) is 10.4. The number of tetrazole rings is 1. The van der Waals surface area contributed by atoms with Crippen LogP contribution in [0.15, 0.2) is 78.9 Å². The summed E-state index contributed by atoms with van der Waals surface area (Å²) in [5.74, 6) is 2.23. The Bertz CT molecular complexity index is 1110. The summed E-state index contributed by atoms with van der Waals surface area (Å²) in [5, 5.41) is 16.5. The van der Waals surface area contributed by atoms with Gasteiger partial charge in [0.1, 0.15) is 6.04 Å². The predicted molar refractivity (Wildman–Crippen MR) is 116 cm³/mol. The highest BCUT2D eigenvalue weighted by molar-refractivity contribution is 5.46. The highest BCUT2D eigenvalue weighted by Gasteiger charge is 2.28. The molecule has 1 aliphatic rings. The smallest absolute Gasteiger partial charge is 0.231 e. The lowest BCUT2D eigenvalue weighted by Gasteiger charge is -2.23. The van der Waals surface area contributed by atoms with Gasteiger partial charge in [-0.2, -0.15) is 0 Å². The van der Waals surface area contributed by atoms with Crippen LogP contribution in [0.1, 0.15) is 41.5 Å². The molecule has 0 saturated carbocycles. The second-order valence-electron chi connectivity index (χ2n) is 7.31. The van der Waals surface area contributed by atoms with Crippen LogP contribution in [0.25, 0.3) is 0 Å². The molecule has 5 rings (SSSR count). The van der Waals surface area contributed by atoms with E-state index < -0.39 is 0 Å². The lowest BCUT2D eigenvalue weighted by atomic mass is 9.98. The van der Waals surface area contributed by atoms with E-state index in [1.54, 1.807) is 0 Å². The maximum absolute atomic E-state index is 5.59. The predicted octanol–water partition coefficient (Wildman–Crippen LogP) is 3.74. The minimum Gasteiger partial charge on any atom is -0.454 e. The monoisotopic (exact) mass is 413 g/mol. The summed E-state index contributed by atoms with van der Waals surface area (Å²) in [6.07, 6.45) is 0. The van der Waals surface area contributed by atoms with Crippen molar-refractivity contribution in [3.63, 3.8) is 0 Å². The lowest BCUT2D eigenvalue weighted by molar-refractivity contribution is 0.174. The van der Waals surface area contributed by atoms with Gasteiger partial charge in [-0.1, -0.05) is 73.7 Å². The van der Waals surface area contributed by atoms with Crippen molar-refractivity contribution < 1.29 is 9.47 Å². The van der Waals surface area contributed by atoms with E-state index in [9.17, 15) is 0 Å². The van der Waals surface area contributed by atoms with E-state index in [1.165, 1.54) is 0 Å². The first kappa shape index (κ1) is 19.3. The van der Waals surface area contributed by atoms with Crippen molar-refractivity contribution in [1.29, 1.82) is 0 Å². The van der Waals surface area contributed by atoms with E-state index in [-0.39, 0.29) is 18.9 Å². The Morgan fingerprint density at radius 2 is 1.55 bits per heavy atom. The molecule has 31 heavy (non-hydrogen) atoms. The first-order chi connectivity index (χ1) is 15.3. The second kappa shape index (κ2) is 8.57. The van der Waals surface area contributed by atoms with Gasteiger partial charge in [-0.3, -0.25) is 0 Å². The largest absolute Gasteiger partial charge is 0.454 e. The van der Waals surface area contributed by atoms with E-state index in [0.717, 1.165) is 40.6 Å². The van der Waals surface area contributed by atoms with Crippen molar-refractivity contribution in [2.75, 3.05) is 13.3 Å². The van der Waals surface area contributed by atoms with Gasteiger partial charge in [-0.05, 0) is 45.8 Å². The third kappa shape index (κ3) is 3.75. The van der Waals surface area contributed by atoms with Gasteiger partial charge in [0.05, 0.1) is 6.04 Å². The minimum absolute atomic E-state index is 0.150. The zero-order valence-corrected chi connectivity index (χ0v) is 17.2. The van der Waals surface area contributed by atoms with Crippen LogP contribution in [0.2, 0.25) is 0 Å². The summed E-state index contributed by atoms with van der Waals surface area (Å²) < 4.78 is 13.0. The Kier molecular flexibility index (Phi) is 5.33. The summed E-state index contributed by atoms with van der Waals surface area (Å²) in [5.41, 5.74) is 3.24. The van der Waals surface area contributed by atoms with Gasteiger partial charge in [-0.25, -0.2) is 4.68 Å². The van der Waals surface area contributed by atoms with Crippen LogP contribution < -0.4 is 14.8 Å².